The lowest BCUT2D eigenvalue weighted by Crippen LogP contribution is -2.43. The van der Waals surface area contributed by atoms with Crippen LogP contribution in [-0.4, -0.2) is 29.9 Å². The average Bonchev–Trinajstić information content (AvgIpc) is 2.24. The van der Waals surface area contributed by atoms with Gasteiger partial charge in [-0.05, 0) is 26.7 Å². The quantitative estimate of drug-likeness (QED) is 0.693. The smallest absolute Gasteiger partial charge is 0.225 e. The molecule has 0 spiro atoms. The topological polar surface area (TPSA) is 46.3 Å². The van der Waals surface area contributed by atoms with Gasteiger partial charge in [0, 0.05) is 25.0 Å². The van der Waals surface area contributed by atoms with Crippen LogP contribution in [0.5, 0.6) is 0 Å². The number of nitrogens with zero attached hydrogens (tertiary/aromatic N) is 1. The monoisotopic (exact) mass is 228 g/mol. The van der Waals surface area contributed by atoms with Gasteiger partial charge in [-0.2, -0.15) is 0 Å². The van der Waals surface area contributed by atoms with Gasteiger partial charge in [0.25, 0.3) is 0 Å². The van der Waals surface area contributed by atoms with Crippen molar-refractivity contribution in [2.75, 3.05) is 13.1 Å². The third-order valence-electron chi connectivity index (χ3n) is 2.90. The Morgan fingerprint density at radius 1 is 1.19 bits per heavy atom. The minimum atomic E-state index is 0.198. The maximum Gasteiger partial charge on any atom is 0.225 e. The molecule has 0 bridgehead atoms. The van der Waals surface area contributed by atoms with Gasteiger partial charge in [0.05, 0.1) is 0 Å². The molecule has 0 saturated heterocycles. The minimum absolute atomic E-state index is 0.198. The molecular formula is C13H28N2O. The highest BCUT2D eigenvalue weighted by Gasteiger charge is 2.24. The second-order valence-electron chi connectivity index (χ2n) is 4.69. The first-order valence-electron chi connectivity index (χ1n) is 6.58. The van der Waals surface area contributed by atoms with Gasteiger partial charge >= 0.3 is 0 Å². The van der Waals surface area contributed by atoms with Crippen LogP contribution in [0.25, 0.3) is 0 Å². The molecule has 0 heterocycles. The molecule has 0 aliphatic heterocycles. The third-order valence-corrected chi connectivity index (χ3v) is 2.90. The number of carbonyl (C=O) groups excluding carboxylic acids is 1. The molecule has 3 nitrogen and oxygen atoms in total. The summed E-state index contributed by atoms with van der Waals surface area (Å²) in [6, 6.07) is 0.257. The average molecular weight is 228 g/mol. The lowest BCUT2D eigenvalue weighted by Gasteiger charge is -2.30. The summed E-state index contributed by atoms with van der Waals surface area (Å²) in [5.74, 6) is 0.494. The molecule has 0 aromatic carbocycles. The van der Waals surface area contributed by atoms with Crippen molar-refractivity contribution in [2.24, 2.45) is 11.7 Å². The predicted molar refractivity (Wildman–Crippen MR) is 69.2 cm³/mol. The van der Waals surface area contributed by atoms with Crippen molar-refractivity contribution in [3.05, 3.63) is 0 Å². The van der Waals surface area contributed by atoms with E-state index in [4.69, 9.17) is 5.73 Å². The van der Waals surface area contributed by atoms with Crippen LogP contribution in [0.15, 0.2) is 0 Å². The number of carbonyl (C=O) groups is 1. The maximum absolute atomic E-state index is 12.3. The fraction of sp³-hybridized carbons (Fsp3) is 0.923. The van der Waals surface area contributed by atoms with Crippen LogP contribution < -0.4 is 5.73 Å². The molecule has 0 aromatic heterocycles. The molecule has 96 valence electrons. The molecule has 3 heteroatoms. The Hall–Kier alpha value is -0.570. The van der Waals surface area contributed by atoms with E-state index in [1.165, 1.54) is 0 Å². The van der Waals surface area contributed by atoms with E-state index >= 15 is 0 Å². The molecule has 0 aliphatic carbocycles. The SMILES string of the molecule is CCCC(CCC)C(=O)N(CCN)C(C)C. The van der Waals surface area contributed by atoms with Crippen LogP contribution in [-0.2, 0) is 4.79 Å². The molecule has 0 radical (unpaired) electrons. The van der Waals surface area contributed by atoms with Crippen molar-refractivity contribution in [1.82, 2.24) is 4.90 Å². The van der Waals surface area contributed by atoms with E-state index in [-0.39, 0.29) is 12.0 Å². The van der Waals surface area contributed by atoms with E-state index in [0.29, 0.717) is 19.0 Å². The Morgan fingerprint density at radius 3 is 2.00 bits per heavy atom. The molecule has 1 amide bonds. The second-order valence-corrected chi connectivity index (χ2v) is 4.69. The standard InChI is InChI=1S/C13H28N2O/c1-5-7-12(8-6-2)13(16)15(10-9-14)11(3)4/h11-12H,5-10,14H2,1-4H3. The number of hydrogen-bond acceptors (Lipinski definition) is 2. The van der Waals surface area contributed by atoms with Crippen LogP contribution in [0, 0.1) is 5.92 Å². The summed E-state index contributed by atoms with van der Waals surface area (Å²) in [6.45, 7) is 9.62. The van der Waals surface area contributed by atoms with Crippen LogP contribution in [0.4, 0.5) is 0 Å². The van der Waals surface area contributed by atoms with Gasteiger partial charge in [0.15, 0.2) is 0 Å². The Balaban J connectivity index is 4.51. The Labute approximate surface area is 100 Å². The van der Waals surface area contributed by atoms with Crippen LogP contribution in [0.1, 0.15) is 53.4 Å². The summed E-state index contributed by atoms with van der Waals surface area (Å²) in [6.07, 6.45) is 4.15. The summed E-state index contributed by atoms with van der Waals surface area (Å²) >= 11 is 0. The lowest BCUT2D eigenvalue weighted by molar-refractivity contribution is -0.137. The first-order chi connectivity index (χ1) is 7.58. The lowest BCUT2D eigenvalue weighted by atomic mass is 9.96. The van der Waals surface area contributed by atoms with Crippen molar-refractivity contribution >= 4 is 5.91 Å². The minimum Gasteiger partial charge on any atom is -0.339 e. The first kappa shape index (κ1) is 15.4. The molecule has 0 saturated carbocycles. The summed E-state index contributed by atoms with van der Waals surface area (Å²) in [5, 5.41) is 0. The number of rotatable bonds is 8. The van der Waals surface area contributed by atoms with Gasteiger partial charge in [-0.25, -0.2) is 0 Å². The van der Waals surface area contributed by atoms with Crippen molar-refractivity contribution in [3.63, 3.8) is 0 Å². The highest BCUT2D eigenvalue weighted by Crippen LogP contribution is 2.18. The third kappa shape index (κ3) is 4.97. The second kappa shape index (κ2) is 8.57. The molecular weight excluding hydrogens is 200 g/mol. The molecule has 0 aromatic rings. The van der Waals surface area contributed by atoms with Crippen LogP contribution in [0.3, 0.4) is 0 Å². The van der Waals surface area contributed by atoms with E-state index in [0.717, 1.165) is 25.7 Å². The summed E-state index contributed by atoms with van der Waals surface area (Å²) < 4.78 is 0. The summed E-state index contributed by atoms with van der Waals surface area (Å²) in [7, 11) is 0. The Morgan fingerprint density at radius 2 is 1.69 bits per heavy atom. The van der Waals surface area contributed by atoms with E-state index in [1.54, 1.807) is 0 Å². The molecule has 16 heavy (non-hydrogen) atoms. The molecule has 2 N–H and O–H groups in total. The zero-order valence-electron chi connectivity index (χ0n) is 11.3. The molecule has 0 atom stereocenters. The highest BCUT2D eigenvalue weighted by molar-refractivity contribution is 5.79. The van der Waals surface area contributed by atoms with Crippen molar-refractivity contribution < 1.29 is 4.79 Å². The van der Waals surface area contributed by atoms with E-state index in [2.05, 4.69) is 27.7 Å². The largest absolute Gasteiger partial charge is 0.339 e. The Bertz CT molecular complexity index is 186. The number of amides is 1. The summed E-state index contributed by atoms with van der Waals surface area (Å²) in [4.78, 5) is 14.3. The van der Waals surface area contributed by atoms with E-state index in [1.807, 2.05) is 4.90 Å². The zero-order valence-corrected chi connectivity index (χ0v) is 11.3. The van der Waals surface area contributed by atoms with Crippen molar-refractivity contribution in [2.45, 2.75) is 59.4 Å². The van der Waals surface area contributed by atoms with Crippen LogP contribution >= 0.6 is 0 Å². The predicted octanol–water partition coefficient (Wildman–Crippen LogP) is 2.40. The van der Waals surface area contributed by atoms with Gasteiger partial charge in [-0.3, -0.25) is 4.79 Å². The molecule has 0 aliphatic rings. The summed E-state index contributed by atoms with van der Waals surface area (Å²) in [5.41, 5.74) is 5.56. The van der Waals surface area contributed by atoms with Crippen LogP contribution in [0.2, 0.25) is 0 Å². The van der Waals surface area contributed by atoms with E-state index in [9.17, 15) is 4.79 Å². The van der Waals surface area contributed by atoms with Gasteiger partial charge in [-0.15, -0.1) is 0 Å². The van der Waals surface area contributed by atoms with Crippen molar-refractivity contribution in [3.8, 4) is 0 Å². The fourth-order valence-electron chi connectivity index (χ4n) is 2.08. The molecule has 0 fully saturated rings. The molecule has 0 rings (SSSR count). The number of hydrogen-bond donors (Lipinski definition) is 1. The number of nitrogens with two attached hydrogens (primary N) is 1. The molecule has 0 unspecified atom stereocenters. The zero-order chi connectivity index (χ0) is 12.6. The van der Waals surface area contributed by atoms with Crippen molar-refractivity contribution in [1.29, 1.82) is 0 Å². The maximum atomic E-state index is 12.3. The highest BCUT2D eigenvalue weighted by atomic mass is 16.2. The van der Waals surface area contributed by atoms with Gasteiger partial charge in [-0.1, -0.05) is 26.7 Å². The Kier molecular flexibility index (Phi) is 8.26. The first-order valence-corrected chi connectivity index (χ1v) is 6.58. The van der Waals surface area contributed by atoms with Gasteiger partial charge < -0.3 is 10.6 Å². The van der Waals surface area contributed by atoms with Gasteiger partial charge in [0.2, 0.25) is 5.91 Å². The normalized spacial score (nSPS) is 11.2. The van der Waals surface area contributed by atoms with E-state index < -0.39 is 0 Å². The van der Waals surface area contributed by atoms with Gasteiger partial charge in [0.1, 0.15) is 0 Å². The fourth-order valence-corrected chi connectivity index (χ4v) is 2.08.